The first-order chi connectivity index (χ1) is 15.0. The van der Waals surface area contributed by atoms with Gasteiger partial charge in [-0.1, -0.05) is 25.3 Å². The molecule has 1 aromatic carbocycles. The third-order valence-corrected chi connectivity index (χ3v) is 4.70. The van der Waals surface area contributed by atoms with Crippen molar-refractivity contribution in [3.63, 3.8) is 0 Å². The molecule has 0 saturated heterocycles. The maximum atomic E-state index is 13.7. The van der Waals surface area contributed by atoms with Crippen molar-refractivity contribution in [3.8, 4) is 0 Å². The van der Waals surface area contributed by atoms with Crippen molar-refractivity contribution in [2.45, 2.75) is 63.8 Å². The van der Waals surface area contributed by atoms with Gasteiger partial charge in [0.1, 0.15) is 5.82 Å². The molecule has 0 spiro atoms. The number of hydrogen-bond acceptors (Lipinski definition) is 4. The van der Waals surface area contributed by atoms with E-state index in [1.54, 1.807) is 0 Å². The third kappa shape index (κ3) is 12.0. The van der Waals surface area contributed by atoms with Gasteiger partial charge in [0.25, 0.3) is 0 Å². The van der Waals surface area contributed by atoms with Crippen LogP contribution in [0.4, 0.5) is 17.6 Å². The fourth-order valence-corrected chi connectivity index (χ4v) is 3.16. The Balaban J connectivity index is 2.14. The van der Waals surface area contributed by atoms with E-state index in [9.17, 15) is 27.2 Å². The molecule has 2 N–H and O–H groups in total. The molecule has 0 aliphatic heterocycles. The summed E-state index contributed by atoms with van der Waals surface area (Å²) in [6.07, 6.45) is -0.414. The Morgan fingerprint density at radius 3 is 2.38 bits per heavy atom. The number of carboxylic acid groups (broad SMARTS) is 1. The number of likely N-dealkylation sites (N-methyl/N-ethyl adjacent to an activating group) is 1. The Bertz CT molecular complexity index is 726. The summed E-state index contributed by atoms with van der Waals surface area (Å²) < 4.78 is 56.6. The van der Waals surface area contributed by atoms with E-state index < -0.39 is 29.6 Å². The molecule has 1 aromatic rings. The summed E-state index contributed by atoms with van der Waals surface area (Å²) in [7, 11) is 3.62. The van der Waals surface area contributed by atoms with Gasteiger partial charge in [0.05, 0.1) is 24.6 Å². The van der Waals surface area contributed by atoms with Crippen LogP contribution in [0.2, 0.25) is 0 Å². The van der Waals surface area contributed by atoms with E-state index in [4.69, 9.17) is 9.84 Å². The number of ether oxygens (including phenoxy) is 1. The fourth-order valence-electron chi connectivity index (χ4n) is 3.16. The molecule has 0 heterocycles. The Kier molecular flexibility index (Phi) is 12.2. The van der Waals surface area contributed by atoms with Gasteiger partial charge in [0.15, 0.2) is 0 Å². The number of alkyl halides is 3. The number of nitrogens with zero attached hydrogens (tertiary/aromatic N) is 1. The summed E-state index contributed by atoms with van der Waals surface area (Å²) in [6.45, 7) is 0.728. The molecule has 1 unspecified atom stereocenters. The summed E-state index contributed by atoms with van der Waals surface area (Å²) in [5.41, 5.74) is -0.943. The first-order valence-corrected chi connectivity index (χ1v) is 10.6. The van der Waals surface area contributed by atoms with Gasteiger partial charge in [0.2, 0.25) is 5.91 Å². The molecule has 32 heavy (non-hydrogen) atoms. The van der Waals surface area contributed by atoms with Crippen molar-refractivity contribution in [2.75, 3.05) is 27.2 Å². The molecule has 1 amide bonds. The zero-order valence-electron chi connectivity index (χ0n) is 18.5. The third-order valence-electron chi connectivity index (χ3n) is 4.70. The van der Waals surface area contributed by atoms with Gasteiger partial charge in [-0.25, -0.2) is 4.39 Å². The smallest absolute Gasteiger partial charge is 0.416 e. The van der Waals surface area contributed by atoms with Crippen LogP contribution in [-0.4, -0.2) is 55.2 Å². The minimum atomic E-state index is -4.58. The number of nitrogens with one attached hydrogen (secondary N) is 1. The van der Waals surface area contributed by atoms with Crippen LogP contribution in [0.25, 0.3) is 0 Å². The Morgan fingerprint density at radius 1 is 1.12 bits per heavy atom. The van der Waals surface area contributed by atoms with Gasteiger partial charge in [-0.15, -0.1) is 0 Å². The molecule has 182 valence electrons. The van der Waals surface area contributed by atoms with Gasteiger partial charge in [-0.2, -0.15) is 13.2 Å². The van der Waals surface area contributed by atoms with Gasteiger partial charge in [0, 0.05) is 25.1 Å². The van der Waals surface area contributed by atoms with E-state index in [0.29, 0.717) is 32.1 Å². The van der Waals surface area contributed by atoms with Crippen LogP contribution >= 0.6 is 0 Å². The second-order valence-corrected chi connectivity index (χ2v) is 8.00. The highest BCUT2D eigenvalue weighted by atomic mass is 19.4. The summed E-state index contributed by atoms with van der Waals surface area (Å²) in [5.74, 6) is -2.06. The quantitative estimate of drug-likeness (QED) is 0.300. The average Bonchev–Trinajstić information content (AvgIpc) is 2.65. The van der Waals surface area contributed by atoms with E-state index in [-0.39, 0.29) is 24.5 Å². The number of unbranched alkanes of at least 4 members (excludes halogenated alkanes) is 4. The Morgan fingerprint density at radius 2 is 1.78 bits per heavy atom. The Labute approximate surface area is 185 Å². The number of carboxylic acids is 1. The maximum Gasteiger partial charge on any atom is 0.416 e. The number of benzene rings is 1. The van der Waals surface area contributed by atoms with Crippen LogP contribution in [0.3, 0.4) is 0 Å². The normalized spacial score (nSPS) is 12.7. The zero-order chi connectivity index (χ0) is 24.1. The first kappa shape index (κ1) is 27.8. The second kappa shape index (κ2) is 14.1. The summed E-state index contributed by atoms with van der Waals surface area (Å²) in [4.78, 5) is 24.7. The van der Waals surface area contributed by atoms with E-state index in [0.717, 1.165) is 37.8 Å². The molecule has 0 saturated carbocycles. The number of hydrogen-bond donors (Lipinski definition) is 2. The van der Waals surface area contributed by atoms with Crippen molar-refractivity contribution >= 4 is 11.9 Å². The van der Waals surface area contributed by atoms with Gasteiger partial charge in [-0.05, 0) is 39.1 Å². The maximum absolute atomic E-state index is 13.7. The number of rotatable bonds is 15. The van der Waals surface area contributed by atoms with Crippen LogP contribution in [0.1, 0.15) is 56.1 Å². The zero-order valence-corrected chi connectivity index (χ0v) is 18.5. The molecule has 0 fully saturated rings. The lowest BCUT2D eigenvalue weighted by Gasteiger charge is -2.20. The monoisotopic (exact) mass is 464 g/mol. The minimum absolute atomic E-state index is 0.0829. The van der Waals surface area contributed by atoms with E-state index in [2.05, 4.69) is 5.32 Å². The number of aliphatic carboxylic acids is 1. The molecule has 1 rings (SSSR count). The number of halogens is 4. The number of carbonyl (C=O) groups excluding carboxylic acids is 1. The second-order valence-electron chi connectivity index (χ2n) is 8.00. The molecule has 10 heteroatoms. The molecular weight excluding hydrogens is 432 g/mol. The fraction of sp³-hybridized carbons (Fsp3) is 0.636. The van der Waals surface area contributed by atoms with Crippen LogP contribution in [-0.2, 0) is 27.1 Å². The van der Waals surface area contributed by atoms with E-state index in [1.807, 2.05) is 19.0 Å². The molecule has 0 aliphatic carbocycles. The van der Waals surface area contributed by atoms with Crippen LogP contribution in [0.5, 0.6) is 0 Å². The standard InChI is InChI=1S/C22H32F4N2O4/c1-28(2)14-18(13-21(30)31)27-20(29)8-6-4-3-5-7-11-32-15-16-9-10-17(12-19(16)23)22(24,25)26/h9-10,12,18H,3-8,11,13-15H2,1-2H3,(H,27,29)(H,30,31). The first-order valence-electron chi connectivity index (χ1n) is 10.6. The van der Waals surface area contributed by atoms with Gasteiger partial charge >= 0.3 is 12.1 Å². The summed E-state index contributed by atoms with van der Waals surface area (Å²) >= 11 is 0. The lowest BCUT2D eigenvalue weighted by Crippen LogP contribution is -2.42. The molecule has 1 atom stereocenters. The Hall–Kier alpha value is -2.20. The number of amides is 1. The molecular formula is C22H32F4N2O4. The lowest BCUT2D eigenvalue weighted by molar-refractivity contribution is -0.138. The van der Waals surface area contributed by atoms with Crippen LogP contribution < -0.4 is 5.32 Å². The van der Waals surface area contributed by atoms with Crippen molar-refractivity contribution in [2.24, 2.45) is 0 Å². The minimum Gasteiger partial charge on any atom is -0.481 e. The topological polar surface area (TPSA) is 78.9 Å². The van der Waals surface area contributed by atoms with Gasteiger partial charge < -0.3 is 20.1 Å². The predicted octanol–water partition coefficient (Wildman–Crippen LogP) is 4.22. The number of carbonyl (C=O) groups is 2. The van der Waals surface area contributed by atoms with Crippen molar-refractivity contribution in [1.29, 1.82) is 0 Å². The van der Waals surface area contributed by atoms with Gasteiger partial charge in [-0.3, -0.25) is 9.59 Å². The highest BCUT2D eigenvalue weighted by molar-refractivity contribution is 5.77. The predicted molar refractivity (Wildman–Crippen MR) is 111 cm³/mol. The summed E-state index contributed by atoms with van der Waals surface area (Å²) in [6, 6.07) is 1.96. The molecule has 6 nitrogen and oxygen atoms in total. The largest absolute Gasteiger partial charge is 0.481 e. The van der Waals surface area contributed by atoms with E-state index in [1.165, 1.54) is 0 Å². The highest BCUT2D eigenvalue weighted by Crippen LogP contribution is 2.30. The molecule has 0 radical (unpaired) electrons. The van der Waals surface area contributed by atoms with Crippen molar-refractivity contribution in [3.05, 3.63) is 35.1 Å². The highest BCUT2D eigenvalue weighted by Gasteiger charge is 2.31. The SMILES string of the molecule is CN(C)CC(CC(=O)O)NC(=O)CCCCCCCOCc1ccc(C(F)(F)F)cc1F. The van der Waals surface area contributed by atoms with Crippen molar-refractivity contribution in [1.82, 2.24) is 10.2 Å². The summed E-state index contributed by atoms with van der Waals surface area (Å²) in [5, 5.41) is 11.7. The average molecular weight is 465 g/mol. The lowest BCUT2D eigenvalue weighted by atomic mass is 10.1. The van der Waals surface area contributed by atoms with E-state index >= 15 is 0 Å². The van der Waals surface area contributed by atoms with Crippen LogP contribution in [0, 0.1) is 5.82 Å². The molecule has 0 aromatic heterocycles. The van der Waals surface area contributed by atoms with Crippen LogP contribution in [0.15, 0.2) is 18.2 Å². The molecule has 0 bridgehead atoms. The molecule has 0 aliphatic rings. The van der Waals surface area contributed by atoms with Crippen molar-refractivity contribution < 1.29 is 37.0 Å².